The Morgan fingerprint density at radius 1 is 1.25 bits per heavy atom. The van der Waals surface area contributed by atoms with E-state index in [0.717, 1.165) is 17.7 Å². The summed E-state index contributed by atoms with van der Waals surface area (Å²) in [6, 6.07) is 7.20. The van der Waals surface area contributed by atoms with Gasteiger partial charge in [-0.1, -0.05) is 25.0 Å². The van der Waals surface area contributed by atoms with Gasteiger partial charge in [-0.05, 0) is 31.0 Å². The number of hydrogen-bond acceptors (Lipinski definition) is 6. The summed E-state index contributed by atoms with van der Waals surface area (Å²) in [6.45, 7) is 4.17. The first-order chi connectivity index (χ1) is 11.5. The monoisotopic (exact) mass is 333 g/mol. The summed E-state index contributed by atoms with van der Waals surface area (Å²) < 4.78 is 15.1. The van der Waals surface area contributed by atoms with Crippen LogP contribution in [0.4, 0.5) is 0 Å². The second kappa shape index (κ2) is 11.1. The summed E-state index contributed by atoms with van der Waals surface area (Å²) in [4.78, 5) is 22.9. The summed E-state index contributed by atoms with van der Waals surface area (Å²) in [5.74, 6) is 4.73. The van der Waals surface area contributed by atoms with Gasteiger partial charge in [-0.15, -0.1) is 0 Å². The van der Waals surface area contributed by atoms with E-state index in [-0.39, 0.29) is 31.8 Å². The van der Waals surface area contributed by atoms with Crippen LogP contribution in [0.1, 0.15) is 25.8 Å². The van der Waals surface area contributed by atoms with Crippen LogP contribution >= 0.6 is 0 Å². The van der Waals surface area contributed by atoms with Crippen LogP contribution < -0.4 is 10.1 Å². The average Bonchev–Trinajstić information content (AvgIpc) is 2.59. The molecule has 0 aromatic heterocycles. The maximum Gasteiger partial charge on any atom is 0.384 e. The summed E-state index contributed by atoms with van der Waals surface area (Å²) in [5.41, 5.74) is 0.844. The van der Waals surface area contributed by atoms with Crippen LogP contribution in [-0.2, 0) is 25.7 Å². The van der Waals surface area contributed by atoms with Crippen LogP contribution in [0, 0.1) is 11.8 Å². The van der Waals surface area contributed by atoms with Crippen LogP contribution in [-0.4, -0.2) is 38.2 Å². The van der Waals surface area contributed by atoms with Gasteiger partial charge in [0, 0.05) is 5.92 Å². The van der Waals surface area contributed by atoms with Crippen molar-refractivity contribution in [1.82, 2.24) is 5.32 Å². The zero-order valence-electron chi connectivity index (χ0n) is 14.3. The van der Waals surface area contributed by atoms with Crippen molar-refractivity contribution < 1.29 is 23.8 Å². The maximum atomic E-state index is 11.5. The van der Waals surface area contributed by atoms with Crippen molar-refractivity contribution in [3.63, 3.8) is 0 Å². The van der Waals surface area contributed by atoms with Gasteiger partial charge in [-0.25, -0.2) is 4.79 Å². The fourth-order valence-corrected chi connectivity index (χ4v) is 1.60. The molecule has 130 valence electrons. The number of nitrogens with one attached hydrogen (secondary N) is 1. The predicted octanol–water partition coefficient (Wildman–Crippen LogP) is 1.67. The molecule has 0 aliphatic rings. The van der Waals surface area contributed by atoms with E-state index in [1.165, 1.54) is 0 Å². The topological polar surface area (TPSA) is 73.9 Å². The Hall–Kier alpha value is -2.52. The van der Waals surface area contributed by atoms with Gasteiger partial charge in [-0.2, -0.15) is 0 Å². The van der Waals surface area contributed by atoms with Crippen LogP contribution in [0.5, 0.6) is 5.75 Å². The summed E-state index contributed by atoms with van der Waals surface area (Å²) >= 11 is 0. The molecule has 0 aliphatic carbocycles. The molecule has 0 bridgehead atoms. The number of carbonyl (C=O) groups is 2. The van der Waals surface area contributed by atoms with Gasteiger partial charge in [0.2, 0.25) is 0 Å². The molecule has 0 radical (unpaired) electrons. The van der Waals surface area contributed by atoms with Gasteiger partial charge in [0.05, 0.1) is 26.3 Å². The zero-order chi connectivity index (χ0) is 17.8. The molecule has 0 saturated heterocycles. The highest BCUT2D eigenvalue weighted by molar-refractivity contribution is 5.88. The lowest BCUT2D eigenvalue weighted by atomic mass is 10.2. The Morgan fingerprint density at radius 3 is 2.58 bits per heavy atom. The quantitative estimate of drug-likeness (QED) is 0.338. The van der Waals surface area contributed by atoms with Crippen molar-refractivity contribution in [3.05, 3.63) is 29.8 Å². The largest absolute Gasteiger partial charge is 0.497 e. The number of esters is 2. The highest BCUT2D eigenvalue weighted by Gasteiger charge is 2.06. The first kappa shape index (κ1) is 19.5. The fraction of sp³-hybridized carbons (Fsp3) is 0.444. The number of ether oxygens (including phenoxy) is 3. The summed E-state index contributed by atoms with van der Waals surface area (Å²) in [7, 11) is 1.59. The summed E-state index contributed by atoms with van der Waals surface area (Å²) in [6.07, 6.45) is 0.671. The van der Waals surface area contributed by atoms with Crippen molar-refractivity contribution in [2.75, 3.05) is 20.2 Å². The molecule has 0 saturated carbocycles. The molecular weight excluding hydrogens is 310 g/mol. The standard InChI is InChI=1S/C18H23NO5/c1-4-14(2)24-18(21)12-19-11-5-6-17(20)23-13-15-7-9-16(22-3)10-8-15/h7-10,14,19H,4,11-13H2,1-3H3. The van der Waals surface area contributed by atoms with E-state index in [1.807, 2.05) is 26.0 Å². The van der Waals surface area contributed by atoms with E-state index in [2.05, 4.69) is 17.2 Å². The molecule has 1 rings (SSSR count). The Kier molecular flexibility index (Phi) is 9.02. The van der Waals surface area contributed by atoms with E-state index in [0.29, 0.717) is 0 Å². The van der Waals surface area contributed by atoms with Crippen molar-refractivity contribution >= 4 is 11.9 Å². The number of benzene rings is 1. The zero-order valence-corrected chi connectivity index (χ0v) is 14.3. The molecule has 1 atom stereocenters. The highest BCUT2D eigenvalue weighted by Crippen LogP contribution is 2.11. The Balaban J connectivity index is 2.21. The first-order valence-corrected chi connectivity index (χ1v) is 7.74. The normalized spacial score (nSPS) is 11.0. The van der Waals surface area contributed by atoms with E-state index < -0.39 is 5.97 Å². The number of hydrogen-bond donors (Lipinski definition) is 1. The molecule has 0 heterocycles. The smallest absolute Gasteiger partial charge is 0.384 e. The minimum absolute atomic E-state index is 0.0555. The third-order valence-corrected chi connectivity index (χ3v) is 3.11. The number of rotatable bonds is 8. The van der Waals surface area contributed by atoms with Gasteiger partial charge >= 0.3 is 11.9 Å². The minimum atomic E-state index is -0.616. The summed E-state index contributed by atoms with van der Waals surface area (Å²) in [5, 5.41) is 2.79. The third-order valence-electron chi connectivity index (χ3n) is 3.11. The molecule has 6 heteroatoms. The molecule has 0 spiro atoms. The average molecular weight is 333 g/mol. The first-order valence-electron chi connectivity index (χ1n) is 7.74. The fourth-order valence-electron chi connectivity index (χ4n) is 1.60. The molecule has 1 aromatic carbocycles. The van der Waals surface area contributed by atoms with Crippen LogP contribution in [0.15, 0.2) is 24.3 Å². The van der Waals surface area contributed by atoms with E-state index in [9.17, 15) is 9.59 Å². The predicted molar refractivity (Wildman–Crippen MR) is 89.3 cm³/mol. The van der Waals surface area contributed by atoms with Gasteiger partial charge in [0.25, 0.3) is 0 Å². The lowest BCUT2D eigenvalue weighted by molar-refractivity contribution is -0.147. The Labute approximate surface area is 142 Å². The molecular formula is C18H23NO5. The molecule has 0 fully saturated rings. The minimum Gasteiger partial charge on any atom is -0.497 e. The molecule has 0 amide bonds. The van der Waals surface area contributed by atoms with Crippen molar-refractivity contribution in [2.24, 2.45) is 0 Å². The number of carbonyl (C=O) groups excluding carboxylic acids is 2. The van der Waals surface area contributed by atoms with E-state index in [4.69, 9.17) is 14.2 Å². The van der Waals surface area contributed by atoms with Gasteiger partial charge in [0.1, 0.15) is 12.4 Å². The molecule has 1 aromatic rings. The van der Waals surface area contributed by atoms with Crippen molar-refractivity contribution in [1.29, 1.82) is 0 Å². The lowest BCUT2D eigenvalue weighted by Crippen LogP contribution is -2.27. The van der Waals surface area contributed by atoms with Crippen LogP contribution in [0.3, 0.4) is 0 Å². The maximum absolute atomic E-state index is 11.5. The number of methoxy groups -OCH3 is 1. The van der Waals surface area contributed by atoms with Gasteiger partial charge in [-0.3, -0.25) is 10.1 Å². The van der Waals surface area contributed by atoms with Gasteiger partial charge in [0.15, 0.2) is 0 Å². The van der Waals surface area contributed by atoms with Crippen LogP contribution in [0.2, 0.25) is 0 Å². The molecule has 6 nitrogen and oxygen atoms in total. The SMILES string of the molecule is CCC(C)OC(=O)CNCC#CC(=O)OCc1ccc(OC)cc1. The molecule has 1 N–H and O–H groups in total. The second-order valence-electron chi connectivity index (χ2n) is 5.04. The molecule has 0 aliphatic heterocycles. The van der Waals surface area contributed by atoms with Crippen molar-refractivity contribution in [2.45, 2.75) is 33.0 Å². The molecule has 24 heavy (non-hydrogen) atoms. The lowest BCUT2D eigenvalue weighted by Gasteiger charge is -2.10. The Morgan fingerprint density at radius 2 is 1.96 bits per heavy atom. The van der Waals surface area contributed by atoms with Gasteiger partial charge < -0.3 is 14.2 Å². The molecule has 1 unspecified atom stereocenters. The van der Waals surface area contributed by atoms with Crippen LogP contribution in [0.25, 0.3) is 0 Å². The Bertz CT molecular complexity index is 586. The highest BCUT2D eigenvalue weighted by atomic mass is 16.5. The van der Waals surface area contributed by atoms with E-state index in [1.54, 1.807) is 19.2 Å². The second-order valence-corrected chi connectivity index (χ2v) is 5.04. The van der Waals surface area contributed by atoms with E-state index >= 15 is 0 Å². The van der Waals surface area contributed by atoms with Crippen molar-refractivity contribution in [3.8, 4) is 17.6 Å². The third kappa shape index (κ3) is 8.20.